The van der Waals surface area contributed by atoms with Crippen molar-refractivity contribution in [2.75, 3.05) is 11.9 Å². The van der Waals surface area contributed by atoms with E-state index in [1.165, 1.54) is 12.8 Å². The van der Waals surface area contributed by atoms with Crippen molar-refractivity contribution < 1.29 is 9.59 Å². The van der Waals surface area contributed by atoms with E-state index in [2.05, 4.69) is 23.6 Å². The van der Waals surface area contributed by atoms with E-state index in [-0.39, 0.29) is 18.4 Å². The smallest absolute Gasteiger partial charge is 0.244 e. The number of anilines is 1. The minimum atomic E-state index is -0.278. The molecule has 6 heteroatoms. The number of carbonyl (C=O) groups excluding carboxylic acids is 2. The zero-order chi connectivity index (χ0) is 23.6. The van der Waals surface area contributed by atoms with Gasteiger partial charge < -0.3 is 10.6 Å². The molecule has 2 aromatic carbocycles. The number of nitrogens with zero attached hydrogens (tertiary/aromatic N) is 2. The lowest BCUT2D eigenvalue weighted by Crippen LogP contribution is -2.33. The Morgan fingerprint density at radius 2 is 1.67 bits per heavy atom. The highest BCUT2D eigenvalue weighted by atomic mass is 16.2. The fourth-order valence-electron chi connectivity index (χ4n) is 3.79. The van der Waals surface area contributed by atoms with Crippen molar-refractivity contribution in [3.05, 3.63) is 65.7 Å². The van der Waals surface area contributed by atoms with Gasteiger partial charge in [0, 0.05) is 18.1 Å². The molecule has 2 N–H and O–H groups in total. The molecule has 3 rings (SSSR count). The zero-order valence-corrected chi connectivity index (χ0v) is 19.9. The van der Waals surface area contributed by atoms with Crippen LogP contribution in [0, 0.1) is 13.8 Å². The number of carbonyl (C=O) groups is 2. The molecular weight excluding hydrogens is 412 g/mol. The Morgan fingerprint density at radius 3 is 2.39 bits per heavy atom. The van der Waals surface area contributed by atoms with Gasteiger partial charge in [0.2, 0.25) is 11.8 Å². The number of rotatable bonds is 11. The van der Waals surface area contributed by atoms with Crippen LogP contribution in [-0.4, -0.2) is 28.1 Å². The Balaban J connectivity index is 1.70. The minimum absolute atomic E-state index is 0.0630. The molecule has 0 saturated heterocycles. The number of amides is 2. The third kappa shape index (κ3) is 7.04. The second kappa shape index (κ2) is 12.0. The molecule has 0 unspecified atom stereocenters. The molecule has 33 heavy (non-hydrogen) atoms. The molecule has 0 spiro atoms. The molecule has 1 aromatic heterocycles. The van der Waals surface area contributed by atoms with Crippen LogP contribution in [0.5, 0.6) is 0 Å². The van der Waals surface area contributed by atoms with Crippen molar-refractivity contribution in [3.8, 4) is 16.9 Å². The summed E-state index contributed by atoms with van der Waals surface area (Å²) in [5, 5.41) is 10.4. The van der Waals surface area contributed by atoms with Crippen molar-refractivity contribution in [1.82, 2.24) is 15.1 Å². The molecule has 0 aliphatic rings. The average Bonchev–Trinajstić information content (AvgIpc) is 3.21. The number of benzene rings is 2. The standard InChI is InChI=1S/C27H34N4O2/c1-4-5-6-7-11-14-26(32)28-19-27(33)29-25-18-23(22-12-9-8-10-13-22)30-31(25)24-16-15-20(2)17-21(24)3/h8-10,12-13,15-18H,4-7,11,14,19H2,1-3H3,(H,28,32)(H,29,33). The summed E-state index contributed by atoms with van der Waals surface area (Å²) in [7, 11) is 0. The first-order valence-corrected chi connectivity index (χ1v) is 11.8. The molecule has 3 aromatic rings. The van der Waals surface area contributed by atoms with E-state index in [4.69, 9.17) is 5.10 Å². The van der Waals surface area contributed by atoms with Gasteiger partial charge in [-0.25, -0.2) is 4.68 Å². The zero-order valence-electron chi connectivity index (χ0n) is 19.9. The molecule has 0 atom stereocenters. The molecule has 0 fully saturated rings. The Kier molecular flexibility index (Phi) is 8.81. The maximum atomic E-state index is 12.6. The summed E-state index contributed by atoms with van der Waals surface area (Å²) in [5.74, 6) is 0.203. The topological polar surface area (TPSA) is 76.0 Å². The second-order valence-corrected chi connectivity index (χ2v) is 8.47. The first kappa shape index (κ1) is 24.2. The Labute approximate surface area is 196 Å². The van der Waals surface area contributed by atoms with Gasteiger partial charge in [0.25, 0.3) is 0 Å². The Hall–Kier alpha value is -3.41. The van der Waals surface area contributed by atoms with Crippen LogP contribution in [0.15, 0.2) is 54.6 Å². The van der Waals surface area contributed by atoms with Crippen LogP contribution < -0.4 is 10.6 Å². The summed E-state index contributed by atoms with van der Waals surface area (Å²) < 4.78 is 1.75. The third-order valence-electron chi connectivity index (χ3n) is 5.58. The normalized spacial score (nSPS) is 10.8. The lowest BCUT2D eigenvalue weighted by Gasteiger charge is -2.12. The Bertz CT molecular complexity index is 1070. The number of aryl methyl sites for hydroxylation is 2. The minimum Gasteiger partial charge on any atom is -0.347 e. The largest absolute Gasteiger partial charge is 0.347 e. The highest BCUT2D eigenvalue weighted by Gasteiger charge is 2.15. The van der Waals surface area contributed by atoms with Gasteiger partial charge >= 0.3 is 0 Å². The van der Waals surface area contributed by atoms with E-state index in [1.807, 2.05) is 62.4 Å². The van der Waals surface area contributed by atoms with Crippen LogP contribution >= 0.6 is 0 Å². The summed E-state index contributed by atoms with van der Waals surface area (Å²) in [6.45, 7) is 6.18. The molecule has 1 heterocycles. The van der Waals surface area contributed by atoms with Gasteiger partial charge in [-0.05, 0) is 31.9 Å². The van der Waals surface area contributed by atoms with Crippen LogP contribution in [0.2, 0.25) is 0 Å². The molecule has 0 bridgehead atoms. The van der Waals surface area contributed by atoms with Gasteiger partial charge in [0.1, 0.15) is 5.82 Å². The molecule has 2 amide bonds. The molecule has 0 radical (unpaired) electrons. The van der Waals surface area contributed by atoms with E-state index in [9.17, 15) is 9.59 Å². The quantitative estimate of drug-likeness (QED) is 0.378. The number of hydrogen-bond donors (Lipinski definition) is 2. The predicted octanol–water partition coefficient (Wildman–Crippen LogP) is 5.57. The highest BCUT2D eigenvalue weighted by molar-refractivity contribution is 5.94. The van der Waals surface area contributed by atoms with Crippen molar-refractivity contribution in [2.24, 2.45) is 0 Å². The van der Waals surface area contributed by atoms with Gasteiger partial charge in [-0.1, -0.05) is 80.6 Å². The molecule has 0 saturated carbocycles. The van der Waals surface area contributed by atoms with Crippen LogP contribution in [-0.2, 0) is 9.59 Å². The molecule has 6 nitrogen and oxygen atoms in total. The summed E-state index contributed by atoms with van der Waals surface area (Å²) in [6, 6.07) is 17.8. The van der Waals surface area contributed by atoms with E-state index >= 15 is 0 Å². The van der Waals surface area contributed by atoms with Crippen LogP contribution in [0.4, 0.5) is 5.82 Å². The monoisotopic (exact) mass is 446 g/mol. The molecule has 174 valence electrons. The lowest BCUT2D eigenvalue weighted by molar-refractivity contribution is -0.124. The fraction of sp³-hybridized carbons (Fsp3) is 0.370. The SMILES string of the molecule is CCCCCCCC(=O)NCC(=O)Nc1cc(-c2ccccc2)nn1-c1ccc(C)cc1C. The highest BCUT2D eigenvalue weighted by Crippen LogP contribution is 2.26. The maximum Gasteiger partial charge on any atom is 0.244 e. The van der Waals surface area contributed by atoms with Crippen molar-refractivity contribution in [3.63, 3.8) is 0 Å². The van der Waals surface area contributed by atoms with E-state index in [0.29, 0.717) is 12.2 Å². The summed E-state index contributed by atoms with van der Waals surface area (Å²) in [4.78, 5) is 24.7. The molecular formula is C27H34N4O2. The van der Waals surface area contributed by atoms with E-state index < -0.39 is 0 Å². The fourth-order valence-corrected chi connectivity index (χ4v) is 3.79. The Morgan fingerprint density at radius 1 is 0.909 bits per heavy atom. The maximum absolute atomic E-state index is 12.6. The number of hydrogen-bond acceptors (Lipinski definition) is 3. The lowest BCUT2D eigenvalue weighted by atomic mass is 10.1. The van der Waals surface area contributed by atoms with Crippen LogP contribution in [0.1, 0.15) is 56.6 Å². The van der Waals surface area contributed by atoms with Gasteiger partial charge in [-0.3, -0.25) is 9.59 Å². The summed E-state index contributed by atoms with van der Waals surface area (Å²) in [6.07, 6.45) is 5.88. The van der Waals surface area contributed by atoms with Gasteiger partial charge in [0.05, 0.1) is 17.9 Å². The summed E-state index contributed by atoms with van der Waals surface area (Å²) in [5.41, 5.74) is 4.85. The van der Waals surface area contributed by atoms with Crippen LogP contribution in [0.3, 0.4) is 0 Å². The second-order valence-electron chi connectivity index (χ2n) is 8.47. The van der Waals surface area contributed by atoms with Crippen molar-refractivity contribution in [1.29, 1.82) is 0 Å². The van der Waals surface area contributed by atoms with Gasteiger partial charge in [0.15, 0.2) is 0 Å². The van der Waals surface area contributed by atoms with Gasteiger partial charge in [-0.15, -0.1) is 0 Å². The molecule has 0 aliphatic carbocycles. The first-order valence-electron chi connectivity index (χ1n) is 11.8. The first-order chi connectivity index (χ1) is 16.0. The predicted molar refractivity (Wildman–Crippen MR) is 133 cm³/mol. The molecule has 0 aliphatic heterocycles. The number of aromatic nitrogens is 2. The number of nitrogens with one attached hydrogen (secondary N) is 2. The number of unbranched alkanes of at least 4 members (excludes halogenated alkanes) is 4. The van der Waals surface area contributed by atoms with E-state index in [1.54, 1.807) is 4.68 Å². The van der Waals surface area contributed by atoms with Gasteiger partial charge in [-0.2, -0.15) is 5.10 Å². The summed E-state index contributed by atoms with van der Waals surface area (Å²) >= 11 is 0. The third-order valence-corrected chi connectivity index (χ3v) is 5.58. The van der Waals surface area contributed by atoms with Crippen molar-refractivity contribution in [2.45, 2.75) is 59.3 Å². The van der Waals surface area contributed by atoms with Crippen LogP contribution in [0.25, 0.3) is 16.9 Å². The van der Waals surface area contributed by atoms with Crippen molar-refractivity contribution >= 4 is 17.6 Å². The van der Waals surface area contributed by atoms with E-state index in [0.717, 1.165) is 47.3 Å². The average molecular weight is 447 g/mol.